The number of para-hydroxylation sites is 2. The summed E-state index contributed by atoms with van der Waals surface area (Å²) in [7, 11) is 0. The van der Waals surface area contributed by atoms with Crippen LogP contribution in [0.4, 0.5) is 0 Å². The predicted molar refractivity (Wildman–Crippen MR) is 59.4 cm³/mol. The molecule has 2 aromatic carbocycles. The van der Waals surface area contributed by atoms with Crippen LogP contribution < -0.4 is 29.6 Å². The molecule has 0 atom stereocenters. The number of oxazole rings is 1. The van der Waals surface area contributed by atoms with Crippen molar-refractivity contribution in [3.8, 4) is 11.5 Å². The molecule has 0 fully saturated rings. The molecule has 2 nitrogen and oxygen atoms in total. The number of rotatable bonds is 1. The van der Waals surface area contributed by atoms with Crippen molar-refractivity contribution in [2.75, 3.05) is 0 Å². The Morgan fingerprint density at radius 1 is 0.812 bits per heavy atom. The molecule has 0 amide bonds. The SMILES string of the molecule is [Na+].c1ccc(-c2nc3ccccc3o2)cc1. The molecule has 0 aliphatic heterocycles. The van der Waals surface area contributed by atoms with E-state index in [1.807, 2.05) is 54.6 Å². The standard InChI is InChI=1S/C13H9NO.Na/c1-2-6-10(7-3-1)13-14-11-8-4-5-9-12(11)15-13;/h1-9H;/q;+1. The molecule has 0 spiro atoms. The van der Waals surface area contributed by atoms with Gasteiger partial charge >= 0.3 is 29.6 Å². The maximum atomic E-state index is 5.64. The summed E-state index contributed by atoms with van der Waals surface area (Å²) >= 11 is 0. The third kappa shape index (κ3) is 2.05. The van der Waals surface area contributed by atoms with Crippen molar-refractivity contribution in [3.05, 3.63) is 54.6 Å². The number of benzene rings is 2. The summed E-state index contributed by atoms with van der Waals surface area (Å²) in [4.78, 5) is 4.42. The van der Waals surface area contributed by atoms with Gasteiger partial charge in [0.2, 0.25) is 5.89 Å². The quantitative estimate of drug-likeness (QED) is 0.556. The maximum Gasteiger partial charge on any atom is 1.00 e. The molecule has 0 aliphatic carbocycles. The summed E-state index contributed by atoms with van der Waals surface area (Å²) in [6.07, 6.45) is 0. The molecule has 3 rings (SSSR count). The molecule has 0 saturated heterocycles. The van der Waals surface area contributed by atoms with E-state index in [9.17, 15) is 0 Å². The smallest absolute Gasteiger partial charge is 0.436 e. The van der Waals surface area contributed by atoms with Crippen molar-refractivity contribution >= 4 is 11.1 Å². The Labute approximate surface area is 116 Å². The zero-order valence-corrected chi connectivity index (χ0v) is 11.1. The fraction of sp³-hybridized carbons (Fsp3) is 0. The molecule has 16 heavy (non-hydrogen) atoms. The van der Waals surface area contributed by atoms with E-state index < -0.39 is 0 Å². The van der Waals surface area contributed by atoms with E-state index in [0.717, 1.165) is 16.7 Å². The van der Waals surface area contributed by atoms with Gasteiger partial charge in [-0.25, -0.2) is 4.98 Å². The number of fused-ring (bicyclic) bond motifs is 1. The third-order valence-electron chi connectivity index (χ3n) is 2.31. The predicted octanol–water partition coefficient (Wildman–Crippen LogP) is 0.499. The minimum atomic E-state index is 0. The Morgan fingerprint density at radius 2 is 1.50 bits per heavy atom. The fourth-order valence-electron chi connectivity index (χ4n) is 1.58. The van der Waals surface area contributed by atoms with Crippen LogP contribution in [0.1, 0.15) is 0 Å². The molecular formula is C13H9NNaO+. The van der Waals surface area contributed by atoms with Gasteiger partial charge in [-0.1, -0.05) is 30.3 Å². The average molecular weight is 218 g/mol. The first-order chi connectivity index (χ1) is 7.43. The van der Waals surface area contributed by atoms with Gasteiger partial charge in [0.25, 0.3) is 0 Å². The van der Waals surface area contributed by atoms with Crippen molar-refractivity contribution in [1.29, 1.82) is 0 Å². The zero-order valence-electron chi connectivity index (χ0n) is 9.05. The van der Waals surface area contributed by atoms with Gasteiger partial charge in [0, 0.05) is 5.56 Å². The van der Waals surface area contributed by atoms with E-state index in [1.165, 1.54) is 0 Å². The van der Waals surface area contributed by atoms with Crippen LogP contribution in [0.3, 0.4) is 0 Å². The summed E-state index contributed by atoms with van der Waals surface area (Å²) in [5.74, 6) is 0.678. The molecular weight excluding hydrogens is 209 g/mol. The molecule has 1 aromatic heterocycles. The number of hydrogen-bond acceptors (Lipinski definition) is 2. The second-order valence-corrected chi connectivity index (χ2v) is 3.35. The second kappa shape index (κ2) is 4.83. The first-order valence-corrected chi connectivity index (χ1v) is 4.84. The number of nitrogens with zero attached hydrogens (tertiary/aromatic N) is 1. The Hall–Kier alpha value is -1.09. The van der Waals surface area contributed by atoms with Crippen LogP contribution in [0.2, 0.25) is 0 Å². The van der Waals surface area contributed by atoms with Crippen molar-refractivity contribution < 1.29 is 34.0 Å². The van der Waals surface area contributed by atoms with E-state index >= 15 is 0 Å². The Bertz CT molecular complexity index is 556. The van der Waals surface area contributed by atoms with E-state index in [2.05, 4.69) is 4.98 Å². The van der Waals surface area contributed by atoms with Crippen LogP contribution in [0.5, 0.6) is 0 Å². The Morgan fingerprint density at radius 3 is 2.25 bits per heavy atom. The average Bonchev–Trinajstić information content (AvgIpc) is 2.74. The molecule has 0 unspecified atom stereocenters. The summed E-state index contributed by atoms with van der Waals surface area (Å²) in [6, 6.07) is 17.7. The van der Waals surface area contributed by atoms with Gasteiger partial charge in [-0.2, -0.15) is 0 Å². The summed E-state index contributed by atoms with van der Waals surface area (Å²) in [5.41, 5.74) is 2.74. The van der Waals surface area contributed by atoms with Crippen LogP contribution in [0.25, 0.3) is 22.6 Å². The van der Waals surface area contributed by atoms with Gasteiger partial charge in [0.05, 0.1) is 0 Å². The molecule has 0 saturated carbocycles. The molecule has 3 aromatic rings. The van der Waals surface area contributed by atoms with Crippen molar-refractivity contribution in [1.82, 2.24) is 4.98 Å². The molecule has 0 radical (unpaired) electrons. The van der Waals surface area contributed by atoms with Crippen molar-refractivity contribution in [2.24, 2.45) is 0 Å². The van der Waals surface area contributed by atoms with Gasteiger partial charge in [0.1, 0.15) is 5.52 Å². The van der Waals surface area contributed by atoms with Gasteiger partial charge in [-0.3, -0.25) is 0 Å². The molecule has 72 valence electrons. The normalized spacial score (nSPS) is 10.0. The van der Waals surface area contributed by atoms with Gasteiger partial charge < -0.3 is 4.42 Å². The van der Waals surface area contributed by atoms with E-state index in [1.54, 1.807) is 0 Å². The van der Waals surface area contributed by atoms with Crippen LogP contribution in [-0.2, 0) is 0 Å². The molecule has 0 aliphatic rings. The minimum absolute atomic E-state index is 0. The van der Waals surface area contributed by atoms with Crippen LogP contribution >= 0.6 is 0 Å². The van der Waals surface area contributed by atoms with Gasteiger partial charge in [-0.05, 0) is 24.3 Å². The van der Waals surface area contributed by atoms with Crippen LogP contribution in [-0.4, -0.2) is 4.98 Å². The third-order valence-corrected chi connectivity index (χ3v) is 2.31. The number of hydrogen-bond donors (Lipinski definition) is 0. The van der Waals surface area contributed by atoms with Crippen molar-refractivity contribution in [2.45, 2.75) is 0 Å². The number of aromatic nitrogens is 1. The maximum absolute atomic E-state index is 5.64. The van der Waals surface area contributed by atoms with E-state index in [-0.39, 0.29) is 29.6 Å². The van der Waals surface area contributed by atoms with Crippen molar-refractivity contribution in [3.63, 3.8) is 0 Å². The van der Waals surface area contributed by atoms with Gasteiger partial charge in [-0.15, -0.1) is 0 Å². The first kappa shape index (κ1) is 11.4. The van der Waals surface area contributed by atoms with Crippen LogP contribution in [0, 0.1) is 0 Å². The zero-order chi connectivity index (χ0) is 10.1. The summed E-state index contributed by atoms with van der Waals surface area (Å²) in [6.45, 7) is 0. The largest absolute Gasteiger partial charge is 1.00 e. The molecule has 0 N–H and O–H groups in total. The molecule has 1 heterocycles. The summed E-state index contributed by atoms with van der Waals surface area (Å²) < 4.78 is 5.64. The first-order valence-electron chi connectivity index (χ1n) is 4.84. The fourth-order valence-corrected chi connectivity index (χ4v) is 1.58. The Kier molecular flexibility index (Phi) is 3.44. The topological polar surface area (TPSA) is 26.0 Å². The summed E-state index contributed by atoms with van der Waals surface area (Å²) in [5, 5.41) is 0. The monoisotopic (exact) mass is 218 g/mol. The van der Waals surface area contributed by atoms with Crippen LogP contribution in [0.15, 0.2) is 59.0 Å². The van der Waals surface area contributed by atoms with E-state index in [4.69, 9.17) is 4.42 Å². The molecule has 3 heteroatoms. The molecule has 0 bridgehead atoms. The second-order valence-electron chi connectivity index (χ2n) is 3.35. The van der Waals surface area contributed by atoms with E-state index in [0.29, 0.717) is 5.89 Å². The Balaban J connectivity index is 0.000000963. The minimum Gasteiger partial charge on any atom is -0.436 e. The van der Waals surface area contributed by atoms with Gasteiger partial charge in [0.15, 0.2) is 5.58 Å².